The van der Waals surface area contributed by atoms with Crippen LogP contribution < -0.4 is 10.6 Å². The van der Waals surface area contributed by atoms with Crippen LogP contribution in [0.15, 0.2) is 18.3 Å². The van der Waals surface area contributed by atoms with Crippen molar-refractivity contribution in [2.24, 2.45) is 11.7 Å². The third kappa shape index (κ3) is 2.79. The van der Waals surface area contributed by atoms with Crippen molar-refractivity contribution in [2.75, 3.05) is 18.0 Å². The highest BCUT2D eigenvalue weighted by atomic mass is 16.3. The second kappa shape index (κ2) is 5.35. The third-order valence-corrected chi connectivity index (χ3v) is 3.47. The fourth-order valence-corrected chi connectivity index (χ4v) is 2.22. The van der Waals surface area contributed by atoms with Crippen molar-refractivity contribution in [3.8, 4) is 0 Å². The molecule has 18 heavy (non-hydrogen) atoms. The normalized spacial score (nSPS) is 18.7. The summed E-state index contributed by atoms with van der Waals surface area (Å²) in [6.45, 7) is 3.32. The summed E-state index contributed by atoms with van der Waals surface area (Å²) in [5, 5.41) is 9.42. The maximum atomic E-state index is 11.1. The van der Waals surface area contributed by atoms with Gasteiger partial charge in [0.2, 0.25) is 5.91 Å². The number of nitrogens with zero attached hydrogens (tertiary/aromatic N) is 2. The fraction of sp³-hybridized carbons (Fsp3) is 0.538. The molecule has 98 valence electrons. The van der Waals surface area contributed by atoms with E-state index in [0.717, 1.165) is 37.3 Å². The van der Waals surface area contributed by atoms with E-state index in [1.807, 2.05) is 12.1 Å². The van der Waals surface area contributed by atoms with Gasteiger partial charge in [-0.2, -0.15) is 0 Å². The molecule has 2 heterocycles. The molecule has 0 bridgehead atoms. The smallest absolute Gasteiger partial charge is 0.220 e. The maximum absolute atomic E-state index is 11.1. The van der Waals surface area contributed by atoms with Crippen molar-refractivity contribution in [1.82, 2.24) is 4.98 Å². The van der Waals surface area contributed by atoms with E-state index in [1.165, 1.54) is 0 Å². The molecule has 1 atom stereocenters. The largest absolute Gasteiger partial charge is 0.389 e. The molecular formula is C13H19N3O2. The molecule has 1 aromatic heterocycles. The number of carbonyl (C=O) groups is 1. The van der Waals surface area contributed by atoms with Crippen LogP contribution in [0.3, 0.4) is 0 Å². The van der Waals surface area contributed by atoms with Crippen LogP contribution in [0.5, 0.6) is 0 Å². The Labute approximate surface area is 107 Å². The summed E-state index contributed by atoms with van der Waals surface area (Å²) < 4.78 is 0. The van der Waals surface area contributed by atoms with Crippen LogP contribution in [-0.4, -0.2) is 29.1 Å². The Morgan fingerprint density at radius 3 is 2.61 bits per heavy atom. The van der Waals surface area contributed by atoms with Crippen LogP contribution in [0.25, 0.3) is 0 Å². The van der Waals surface area contributed by atoms with Crippen LogP contribution in [0.2, 0.25) is 0 Å². The number of pyridine rings is 1. The van der Waals surface area contributed by atoms with Crippen LogP contribution in [0.1, 0.15) is 31.4 Å². The molecule has 1 aliphatic heterocycles. The van der Waals surface area contributed by atoms with Crippen molar-refractivity contribution in [3.05, 3.63) is 23.9 Å². The van der Waals surface area contributed by atoms with Crippen LogP contribution in [-0.2, 0) is 4.79 Å². The van der Waals surface area contributed by atoms with Gasteiger partial charge < -0.3 is 15.7 Å². The van der Waals surface area contributed by atoms with Gasteiger partial charge in [0.05, 0.1) is 6.10 Å². The highest BCUT2D eigenvalue weighted by Gasteiger charge is 2.23. The van der Waals surface area contributed by atoms with Crippen molar-refractivity contribution in [1.29, 1.82) is 0 Å². The molecule has 1 fully saturated rings. The summed E-state index contributed by atoms with van der Waals surface area (Å²) in [6.07, 6.45) is 2.77. The highest BCUT2D eigenvalue weighted by Crippen LogP contribution is 2.22. The zero-order chi connectivity index (χ0) is 13.1. The molecule has 1 aliphatic rings. The topological polar surface area (TPSA) is 79.5 Å². The Morgan fingerprint density at radius 2 is 2.17 bits per heavy atom. The molecule has 0 aromatic carbocycles. The molecule has 2 rings (SSSR count). The number of aromatic nitrogens is 1. The first-order valence-electron chi connectivity index (χ1n) is 6.26. The zero-order valence-corrected chi connectivity index (χ0v) is 10.5. The molecule has 1 aromatic rings. The van der Waals surface area contributed by atoms with Gasteiger partial charge in [-0.25, -0.2) is 4.98 Å². The molecule has 0 spiro atoms. The Kier molecular flexibility index (Phi) is 3.81. The molecule has 1 saturated heterocycles. The number of aliphatic hydroxyl groups excluding tert-OH is 1. The van der Waals surface area contributed by atoms with E-state index in [2.05, 4.69) is 9.88 Å². The molecule has 3 N–H and O–H groups in total. The number of nitrogens with two attached hydrogens (primary N) is 1. The maximum Gasteiger partial charge on any atom is 0.220 e. The lowest BCUT2D eigenvalue weighted by atomic mass is 9.96. The first-order chi connectivity index (χ1) is 8.58. The van der Waals surface area contributed by atoms with E-state index in [1.54, 1.807) is 13.1 Å². The van der Waals surface area contributed by atoms with Crippen molar-refractivity contribution in [2.45, 2.75) is 25.9 Å². The van der Waals surface area contributed by atoms with Gasteiger partial charge in [0.1, 0.15) is 5.82 Å². The standard InChI is InChI=1S/C13H19N3O2/c1-9(17)11-2-3-12(15-8-11)16-6-4-10(5-7-16)13(14)18/h2-3,8-10,17H,4-7H2,1H3,(H2,14,18)/t9-/m1/s1. The average molecular weight is 249 g/mol. The summed E-state index contributed by atoms with van der Waals surface area (Å²) in [4.78, 5) is 17.6. The molecule has 0 aliphatic carbocycles. The van der Waals surface area contributed by atoms with Crippen LogP contribution >= 0.6 is 0 Å². The summed E-state index contributed by atoms with van der Waals surface area (Å²) in [5.41, 5.74) is 6.11. The van der Waals surface area contributed by atoms with Crippen LogP contribution in [0, 0.1) is 5.92 Å². The van der Waals surface area contributed by atoms with E-state index < -0.39 is 6.10 Å². The average Bonchev–Trinajstić information content (AvgIpc) is 2.39. The number of hydrogen-bond acceptors (Lipinski definition) is 4. The Morgan fingerprint density at radius 1 is 1.50 bits per heavy atom. The van der Waals surface area contributed by atoms with Crippen molar-refractivity contribution in [3.63, 3.8) is 0 Å². The van der Waals surface area contributed by atoms with E-state index >= 15 is 0 Å². The van der Waals surface area contributed by atoms with E-state index in [0.29, 0.717) is 0 Å². The Balaban J connectivity index is 1.99. The number of primary amides is 1. The van der Waals surface area contributed by atoms with E-state index in [4.69, 9.17) is 5.73 Å². The Bertz CT molecular complexity index is 409. The van der Waals surface area contributed by atoms with E-state index in [-0.39, 0.29) is 11.8 Å². The zero-order valence-electron chi connectivity index (χ0n) is 10.5. The van der Waals surface area contributed by atoms with Gasteiger partial charge in [0.25, 0.3) is 0 Å². The molecule has 0 saturated carbocycles. The summed E-state index contributed by atoms with van der Waals surface area (Å²) in [7, 11) is 0. The van der Waals surface area contributed by atoms with E-state index in [9.17, 15) is 9.90 Å². The quantitative estimate of drug-likeness (QED) is 0.831. The fourth-order valence-electron chi connectivity index (χ4n) is 2.22. The van der Waals surface area contributed by atoms with Gasteiger partial charge in [0.15, 0.2) is 0 Å². The van der Waals surface area contributed by atoms with Gasteiger partial charge in [-0.05, 0) is 31.4 Å². The number of rotatable bonds is 3. The summed E-state index contributed by atoms with van der Waals surface area (Å²) in [6, 6.07) is 3.79. The third-order valence-electron chi connectivity index (χ3n) is 3.47. The highest BCUT2D eigenvalue weighted by molar-refractivity contribution is 5.76. The first kappa shape index (κ1) is 12.8. The number of amides is 1. The SMILES string of the molecule is C[C@@H](O)c1ccc(N2CCC(C(N)=O)CC2)nc1. The van der Waals surface area contributed by atoms with Gasteiger partial charge in [-0.3, -0.25) is 4.79 Å². The summed E-state index contributed by atoms with van der Waals surface area (Å²) in [5.74, 6) is 0.687. The van der Waals surface area contributed by atoms with Gasteiger partial charge >= 0.3 is 0 Å². The number of anilines is 1. The number of carbonyl (C=O) groups excluding carboxylic acids is 1. The van der Waals surface area contributed by atoms with Crippen molar-refractivity contribution >= 4 is 11.7 Å². The lowest BCUT2D eigenvalue weighted by Gasteiger charge is -2.31. The predicted octanol–water partition coefficient (Wildman–Crippen LogP) is 0.837. The minimum atomic E-state index is -0.493. The van der Waals surface area contributed by atoms with Crippen molar-refractivity contribution < 1.29 is 9.90 Å². The van der Waals surface area contributed by atoms with Gasteiger partial charge in [0, 0.05) is 25.2 Å². The molecule has 1 amide bonds. The predicted molar refractivity (Wildman–Crippen MR) is 69.0 cm³/mol. The van der Waals surface area contributed by atoms with Gasteiger partial charge in [-0.1, -0.05) is 6.07 Å². The minimum Gasteiger partial charge on any atom is -0.389 e. The number of piperidine rings is 1. The molecular weight excluding hydrogens is 230 g/mol. The molecule has 0 radical (unpaired) electrons. The number of aliphatic hydroxyl groups is 1. The Hall–Kier alpha value is -1.62. The van der Waals surface area contributed by atoms with Crippen LogP contribution in [0.4, 0.5) is 5.82 Å². The molecule has 5 heteroatoms. The monoisotopic (exact) mass is 249 g/mol. The molecule has 0 unspecified atom stereocenters. The lowest BCUT2D eigenvalue weighted by molar-refractivity contribution is -0.122. The second-order valence-corrected chi connectivity index (χ2v) is 4.79. The minimum absolute atomic E-state index is 0.00186. The first-order valence-corrected chi connectivity index (χ1v) is 6.26. The van der Waals surface area contributed by atoms with Gasteiger partial charge in [-0.15, -0.1) is 0 Å². The second-order valence-electron chi connectivity index (χ2n) is 4.79. The summed E-state index contributed by atoms with van der Waals surface area (Å²) >= 11 is 0. The molecule has 5 nitrogen and oxygen atoms in total. The lowest BCUT2D eigenvalue weighted by Crippen LogP contribution is -2.38. The number of hydrogen-bond donors (Lipinski definition) is 2.